The van der Waals surface area contributed by atoms with Gasteiger partial charge in [-0.3, -0.25) is 0 Å². The number of nitrogens with two attached hydrogens (primary N) is 2. The molecule has 0 saturated carbocycles. The van der Waals surface area contributed by atoms with Gasteiger partial charge in [0.1, 0.15) is 0 Å². The average Bonchev–Trinajstić information content (AvgIpc) is 2.73. The Morgan fingerprint density at radius 3 is 2.45 bits per heavy atom. The number of carbonyl (C=O) groups is 1. The van der Waals surface area contributed by atoms with E-state index in [-0.39, 0.29) is 23.8 Å². The molecule has 0 spiro atoms. The number of hydrogen-bond acceptors (Lipinski definition) is 6. The predicted molar refractivity (Wildman–Crippen MR) is 112 cm³/mol. The number of benzene rings is 1. The van der Waals surface area contributed by atoms with Gasteiger partial charge in [0.25, 0.3) is 10.0 Å². The van der Waals surface area contributed by atoms with E-state index in [1.54, 1.807) is 24.8 Å². The van der Waals surface area contributed by atoms with E-state index in [1.807, 2.05) is 0 Å². The first-order chi connectivity index (χ1) is 15.2. The van der Waals surface area contributed by atoms with Crippen LogP contribution in [0.3, 0.4) is 0 Å². The molecule has 1 saturated heterocycles. The van der Waals surface area contributed by atoms with Crippen LogP contribution in [-0.2, 0) is 21.7 Å². The summed E-state index contributed by atoms with van der Waals surface area (Å²) in [4.78, 5) is 19.1. The Labute approximate surface area is 188 Å². The first-order valence-electron chi connectivity index (χ1n) is 9.63. The van der Waals surface area contributed by atoms with E-state index in [0.717, 1.165) is 12.1 Å². The van der Waals surface area contributed by atoms with Crippen LogP contribution in [0.1, 0.15) is 30.5 Å². The van der Waals surface area contributed by atoms with Crippen molar-refractivity contribution in [3.8, 4) is 6.07 Å². The molecule has 1 aromatic carbocycles. The second-order valence-electron chi connectivity index (χ2n) is 7.97. The van der Waals surface area contributed by atoms with Gasteiger partial charge >= 0.3 is 12.2 Å². The minimum Gasteiger partial charge on any atom is -0.364 e. The Bertz CT molecular complexity index is 1230. The molecule has 2 unspecified atom stereocenters. The number of pyridine rings is 1. The number of nitriles is 1. The molecular formula is C20H21F3N6O3S. The van der Waals surface area contributed by atoms with Crippen LogP contribution in [0, 0.1) is 11.3 Å². The SMILES string of the molecule is CC1CN(C(N)=O)C(C)(c2ccc(S(N)(=O)=O)nc2)CN1c1ccc(C#N)c(C(F)(F)F)c1. The molecule has 2 heterocycles. The molecule has 2 aromatic rings. The molecular weight excluding hydrogens is 461 g/mol. The van der Waals surface area contributed by atoms with E-state index >= 15 is 0 Å². The van der Waals surface area contributed by atoms with Gasteiger partial charge in [-0.05, 0) is 43.7 Å². The summed E-state index contributed by atoms with van der Waals surface area (Å²) in [5.74, 6) is 0. The number of hydrogen-bond donors (Lipinski definition) is 2. The monoisotopic (exact) mass is 482 g/mol. The highest BCUT2D eigenvalue weighted by atomic mass is 32.2. The number of nitrogens with zero attached hydrogens (tertiary/aromatic N) is 4. The summed E-state index contributed by atoms with van der Waals surface area (Å²) in [5.41, 5.74) is 3.49. The predicted octanol–water partition coefficient (Wildman–Crippen LogP) is 2.12. The van der Waals surface area contributed by atoms with Crippen LogP contribution in [0.5, 0.6) is 0 Å². The van der Waals surface area contributed by atoms with Crippen molar-refractivity contribution in [3.63, 3.8) is 0 Å². The number of halogens is 3. The summed E-state index contributed by atoms with van der Waals surface area (Å²) >= 11 is 0. The van der Waals surface area contributed by atoms with Gasteiger partial charge in [0.05, 0.1) is 22.7 Å². The molecule has 2 atom stereocenters. The number of urea groups is 1. The fourth-order valence-corrected chi connectivity index (χ4v) is 4.43. The largest absolute Gasteiger partial charge is 0.417 e. The lowest BCUT2D eigenvalue weighted by atomic mass is 9.86. The molecule has 0 aliphatic carbocycles. The number of anilines is 1. The van der Waals surface area contributed by atoms with E-state index in [1.165, 1.54) is 29.3 Å². The number of amides is 2. The molecule has 33 heavy (non-hydrogen) atoms. The highest BCUT2D eigenvalue weighted by Crippen LogP contribution is 2.39. The number of rotatable bonds is 3. The number of piperazine rings is 1. The molecule has 13 heteroatoms. The Balaban J connectivity index is 2.09. The van der Waals surface area contributed by atoms with Gasteiger partial charge in [0.15, 0.2) is 5.03 Å². The maximum Gasteiger partial charge on any atom is 0.417 e. The van der Waals surface area contributed by atoms with Crippen LogP contribution in [0.4, 0.5) is 23.7 Å². The Morgan fingerprint density at radius 1 is 1.30 bits per heavy atom. The van der Waals surface area contributed by atoms with E-state index in [0.29, 0.717) is 5.56 Å². The van der Waals surface area contributed by atoms with E-state index in [2.05, 4.69) is 4.98 Å². The van der Waals surface area contributed by atoms with E-state index < -0.39 is 44.9 Å². The van der Waals surface area contributed by atoms with Gasteiger partial charge in [-0.25, -0.2) is 23.3 Å². The summed E-state index contributed by atoms with van der Waals surface area (Å²) in [6.45, 7) is 3.47. The topological polar surface area (TPSA) is 146 Å². The highest BCUT2D eigenvalue weighted by Gasteiger charge is 2.45. The van der Waals surface area contributed by atoms with Crippen molar-refractivity contribution >= 4 is 21.7 Å². The second-order valence-corrected chi connectivity index (χ2v) is 9.48. The standard InChI is InChI=1S/C20H21F3N6O3S/c1-12-10-29(18(25)30)19(2,14-4-6-17(27-9-14)33(26,31)32)11-28(12)15-5-3-13(8-24)16(7-15)20(21,22)23/h3-7,9,12H,10-11H2,1-2H3,(H2,25,30)(H2,26,31,32). The summed E-state index contributed by atoms with van der Waals surface area (Å²) < 4.78 is 63.5. The molecule has 3 rings (SSSR count). The average molecular weight is 482 g/mol. The molecule has 0 radical (unpaired) electrons. The van der Waals surface area contributed by atoms with Crippen molar-refractivity contribution in [1.82, 2.24) is 9.88 Å². The first-order valence-corrected chi connectivity index (χ1v) is 11.2. The van der Waals surface area contributed by atoms with E-state index in [4.69, 9.17) is 16.1 Å². The quantitative estimate of drug-likeness (QED) is 0.685. The molecule has 9 nitrogen and oxygen atoms in total. The van der Waals surface area contributed by atoms with Crippen molar-refractivity contribution in [2.24, 2.45) is 10.9 Å². The summed E-state index contributed by atoms with van der Waals surface area (Å²) in [5, 5.41) is 13.8. The third-order valence-electron chi connectivity index (χ3n) is 5.73. The van der Waals surface area contributed by atoms with Crippen molar-refractivity contribution < 1.29 is 26.4 Å². The van der Waals surface area contributed by atoms with Crippen molar-refractivity contribution in [2.45, 2.75) is 36.6 Å². The summed E-state index contributed by atoms with van der Waals surface area (Å²) in [6, 6.07) is 6.40. The van der Waals surface area contributed by atoms with E-state index in [9.17, 15) is 26.4 Å². The minimum atomic E-state index is -4.73. The van der Waals surface area contributed by atoms with Crippen molar-refractivity contribution in [1.29, 1.82) is 5.26 Å². The molecule has 2 amide bonds. The minimum absolute atomic E-state index is 0.0245. The lowest BCUT2D eigenvalue weighted by Crippen LogP contribution is -2.65. The third-order valence-corrected chi connectivity index (χ3v) is 6.55. The summed E-state index contributed by atoms with van der Waals surface area (Å²) in [7, 11) is -4.05. The number of primary amides is 1. The van der Waals surface area contributed by atoms with Gasteiger partial charge in [-0.2, -0.15) is 18.4 Å². The van der Waals surface area contributed by atoms with Gasteiger partial charge in [-0.1, -0.05) is 6.07 Å². The molecule has 0 bridgehead atoms. The Morgan fingerprint density at radius 2 is 1.97 bits per heavy atom. The number of sulfonamides is 1. The zero-order valence-electron chi connectivity index (χ0n) is 17.7. The molecule has 1 aromatic heterocycles. The maximum atomic E-state index is 13.5. The number of aromatic nitrogens is 1. The Hall–Kier alpha value is -3.37. The maximum absolute atomic E-state index is 13.5. The van der Waals surface area contributed by atoms with Crippen LogP contribution in [0.25, 0.3) is 0 Å². The highest BCUT2D eigenvalue weighted by molar-refractivity contribution is 7.89. The Kier molecular flexibility index (Phi) is 6.03. The van der Waals surface area contributed by atoms with Crippen LogP contribution >= 0.6 is 0 Å². The van der Waals surface area contributed by atoms with Gasteiger partial charge in [0.2, 0.25) is 0 Å². The first kappa shape index (κ1) is 24.3. The molecule has 4 N–H and O–H groups in total. The zero-order valence-corrected chi connectivity index (χ0v) is 18.5. The lowest BCUT2D eigenvalue weighted by Gasteiger charge is -2.52. The smallest absolute Gasteiger partial charge is 0.364 e. The molecule has 176 valence electrons. The van der Waals surface area contributed by atoms with Crippen LogP contribution < -0.4 is 15.8 Å². The number of alkyl halides is 3. The number of carbonyl (C=O) groups excluding carboxylic acids is 1. The van der Waals surface area contributed by atoms with Gasteiger partial charge < -0.3 is 15.5 Å². The second kappa shape index (κ2) is 8.20. The van der Waals surface area contributed by atoms with Gasteiger partial charge in [-0.15, -0.1) is 0 Å². The van der Waals surface area contributed by atoms with Crippen LogP contribution in [0.15, 0.2) is 41.6 Å². The molecule has 1 aliphatic rings. The van der Waals surface area contributed by atoms with Crippen LogP contribution in [-0.4, -0.2) is 43.5 Å². The molecule has 1 fully saturated rings. The van der Waals surface area contributed by atoms with Crippen LogP contribution in [0.2, 0.25) is 0 Å². The molecule has 1 aliphatic heterocycles. The number of primary sulfonamides is 1. The lowest BCUT2D eigenvalue weighted by molar-refractivity contribution is -0.137. The van der Waals surface area contributed by atoms with Gasteiger partial charge in [0, 0.05) is 31.0 Å². The third kappa shape index (κ3) is 4.57. The fraction of sp³-hybridized carbons (Fsp3) is 0.350. The zero-order chi connectivity index (χ0) is 24.8. The summed E-state index contributed by atoms with van der Waals surface area (Å²) in [6.07, 6.45) is -3.49. The normalized spacial score (nSPS) is 21.5. The van der Waals surface area contributed by atoms with Crippen molar-refractivity contribution in [3.05, 3.63) is 53.2 Å². The van der Waals surface area contributed by atoms with Crippen molar-refractivity contribution in [2.75, 3.05) is 18.0 Å². The fourth-order valence-electron chi connectivity index (χ4n) is 3.97.